The van der Waals surface area contributed by atoms with Crippen molar-refractivity contribution in [2.45, 2.75) is 33.1 Å². The second-order valence-corrected chi connectivity index (χ2v) is 11.7. The topological polar surface area (TPSA) is 128 Å². The van der Waals surface area contributed by atoms with Crippen molar-refractivity contribution < 1.29 is 27.7 Å². The molecule has 10 nitrogen and oxygen atoms in total. The molecule has 2 unspecified atom stereocenters. The Morgan fingerprint density at radius 3 is 2.67 bits per heavy atom. The second kappa shape index (κ2) is 8.61. The van der Waals surface area contributed by atoms with Crippen molar-refractivity contribution in [2.75, 3.05) is 32.1 Å². The summed E-state index contributed by atoms with van der Waals surface area (Å²) in [7, 11) is -3.58. The lowest BCUT2D eigenvalue weighted by atomic mass is 9.70. The summed E-state index contributed by atoms with van der Waals surface area (Å²) in [6.45, 7) is 5.48. The molecule has 3 aliphatic rings. The summed E-state index contributed by atoms with van der Waals surface area (Å²) < 4.78 is 33.3. The number of nitro groups is 1. The van der Waals surface area contributed by atoms with Crippen LogP contribution in [-0.4, -0.2) is 61.4 Å². The number of hydrogen-bond donors (Lipinski definition) is 0. The zero-order chi connectivity index (χ0) is 24.0. The number of halogens is 1. The number of benzene rings is 1. The molecule has 2 bridgehead atoms. The Bertz CT molecular complexity index is 1110. The molecule has 0 N–H and O–H groups in total. The van der Waals surface area contributed by atoms with E-state index in [4.69, 9.17) is 21.2 Å². The SMILES string of the molecule is CC1(C)C2CCC1(CS(=O)(=O)N1CCOCC1)C(=NOC(=O)c1ccc([N+](=O)[O-])cc1Cl)C2. The monoisotopic (exact) mass is 499 g/mol. The predicted molar refractivity (Wildman–Crippen MR) is 121 cm³/mol. The van der Waals surface area contributed by atoms with Crippen LogP contribution in [-0.2, 0) is 19.6 Å². The van der Waals surface area contributed by atoms with E-state index >= 15 is 0 Å². The first-order valence-corrected chi connectivity index (χ1v) is 12.7. The fraction of sp³-hybridized carbons (Fsp3) is 0.619. The third-order valence-corrected chi connectivity index (χ3v) is 9.90. The summed E-state index contributed by atoms with van der Waals surface area (Å²) in [6.07, 6.45) is 2.07. The van der Waals surface area contributed by atoms with Gasteiger partial charge in [-0.05, 0) is 36.7 Å². The minimum Gasteiger partial charge on any atom is -0.379 e. The number of oxime groups is 1. The molecule has 3 fully saturated rings. The Balaban J connectivity index is 1.59. The van der Waals surface area contributed by atoms with Crippen LogP contribution in [0.4, 0.5) is 5.69 Å². The van der Waals surface area contributed by atoms with Gasteiger partial charge >= 0.3 is 5.97 Å². The lowest BCUT2D eigenvalue weighted by Crippen LogP contribution is -2.49. The third-order valence-electron chi connectivity index (χ3n) is 7.58. The molecule has 1 aliphatic heterocycles. The number of morpholine rings is 1. The Labute approximate surface area is 197 Å². The molecule has 12 heteroatoms. The quantitative estimate of drug-likeness (QED) is 0.333. The van der Waals surface area contributed by atoms with E-state index in [0.29, 0.717) is 44.9 Å². The highest BCUT2D eigenvalue weighted by atomic mass is 35.5. The van der Waals surface area contributed by atoms with Crippen LogP contribution < -0.4 is 0 Å². The average molecular weight is 500 g/mol. The number of rotatable bonds is 6. The van der Waals surface area contributed by atoms with E-state index in [1.165, 1.54) is 10.4 Å². The van der Waals surface area contributed by atoms with Gasteiger partial charge in [0.15, 0.2) is 0 Å². The van der Waals surface area contributed by atoms with Crippen molar-refractivity contribution in [3.63, 3.8) is 0 Å². The molecule has 0 spiro atoms. The van der Waals surface area contributed by atoms with Gasteiger partial charge in [-0.15, -0.1) is 0 Å². The molecule has 2 aliphatic carbocycles. The molecule has 33 heavy (non-hydrogen) atoms. The molecule has 0 radical (unpaired) electrons. The van der Waals surface area contributed by atoms with Gasteiger partial charge in [-0.25, -0.2) is 13.2 Å². The Hall–Kier alpha value is -2.08. The second-order valence-electron chi connectivity index (χ2n) is 9.35. The highest BCUT2D eigenvalue weighted by molar-refractivity contribution is 7.89. The zero-order valence-electron chi connectivity index (χ0n) is 18.5. The van der Waals surface area contributed by atoms with Crippen molar-refractivity contribution >= 4 is 39.0 Å². The first-order chi connectivity index (χ1) is 15.5. The molecule has 1 aromatic rings. The number of hydrogen-bond acceptors (Lipinski definition) is 8. The molecule has 1 aromatic carbocycles. The fourth-order valence-electron chi connectivity index (χ4n) is 5.42. The van der Waals surface area contributed by atoms with E-state index in [9.17, 15) is 23.3 Å². The summed E-state index contributed by atoms with van der Waals surface area (Å²) >= 11 is 6.02. The number of carbonyl (C=O) groups excluding carboxylic acids is 1. The normalized spacial score (nSPS) is 28.2. The highest BCUT2D eigenvalue weighted by Gasteiger charge is 2.64. The van der Waals surface area contributed by atoms with E-state index in [-0.39, 0.29) is 33.4 Å². The molecule has 180 valence electrons. The number of fused-ring (bicyclic) bond motifs is 2. The smallest absolute Gasteiger partial charge is 0.367 e. The van der Waals surface area contributed by atoms with Gasteiger partial charge in [-0.3, -0.25) is 10.1 Å². The molecule has 1 saturated heterocycles. The van der Waals surface area contributed by atoms with E-state index in [0.717, 1.165) is 18.6 Å². The largest absolute Gasteiger partial charge is 0.379 e. The minimum atomic E-state index is -3.58. The molecular formula is C21H26ClN3O7S. The minimum absolute atomic E-state index is 0.0518. The summed E-state index contributed by atoms with van der Waals surface area (Å²) in [5.74, 6) is -0.718. The number of sulfonamides is 1. The Kier molecular flexibility index (Phi) is 6.27. The van der Waals surface area contributed by atoms with Gasteiger partial charge in [-0.1, -0.05) is 30.6 Å². The van der Waals surface area contributed by atoms with Gasteiger partial charge < -0.3 is 9.57 Å². The number of ether oxygens (including phenoxy) is 1. The van der Waals surface area contributed by atoms with Crippen molar-refractivity contribution in [3.05, 3.63) is 38.9 Å². The maximum atomic E-state index is 13.3. The van der Waals surface area contributed by atoms with Gasteiger partial charge in [0.05, 0.1) is 40.2 Å². The molecule has 2 saturated carbocycles. The third kappa shape index (κ3) is 4.16. The van der Waals surface area contributed by atoms with Crippen LogP contribution in [0.5, 0.6) is 0 Å². The molecular weight excluding hydrogens is 474 g/mol. The lowest BCUT2D eigenvalue weighted by Gasteiger charge is -2.39. The summed E-state index contributed by atoms with van der Waals surface area (Å²) in [4.78, 5) is 28.0. The van der Waals surface area contributed by atoms with Crippen LogP contribution in [0.2, 0.25) is 5.02 Å². The van der Waals surface area contributed by atoms with Crippen molar-refractivity contribution in [2.24, 2.45) is 21.9 Å². The van der Waals surface area contributed by atoms with Crippen LogP contribution in [0.1, 0.15) is 43.5 Å². The van der Waals surface area contributed by atoms with Gasteiger partial charge in [-0.2, -0.15) is 4.31 Å². The van der Waals surface area contributed by atoms with E-state index in [1.807, 2.05) is 0 Å². The van der Waals surface area contributed by atoms with Gasteiger partial charge in [0.1, 0.15) is 0 Å². The number of nitro benzene ring substituents is 1. The van der Waals surface area contributed by atoms with Gasteiger partial charge in [0.2, 0.25) is 10.0 Å². The Morgan fingerprint density at radius 2 is 2.06 bits per heavy atom. The van der Waals surface area contributed by atoms with Gasteiger partial charge in [0.25, 0.3) is 5.69 Å². The molecule has 0 amide bonds. The standard InChI is InChI=1S/C21H26ClN3O7S/c1-20(2)14-5-6-21(20,13-33(29,30)24-7-9-31-10-8-24)18(11-14)23-32-19(26)16-4-3-15(25(27)28)12-17(16)22/h3-4,12,14H,5-11,13H2,1-2H3. The van der Waals surface area contributed by atoms with Crippen LogP contribution in [0.15, 0.2) is 23.4 Å². The van der Waals surface area contributed by atoms with Crippen LogP contribution in [0.3, 0.4) is 0 Å². The first-order valence-electron chi connectivity index (χ1n) is 10.8. The Morgan fingerprint density at radius 1 is 1.36 bits per heavy atom. The average Bonchev–Trinajstić information content (AvgIpc) is 3.12. The van der Waals surface area contributed by atoms with E-state index in [2.05, 4.69) is 19.0 Å². The number of non-ortho nitro benzene ring substituents is 1. The predicted octanol–water partition coefficient (Wildman–Crippen LogP) is 3.25. The first kappa shape index (κ1) is 24.1. The molecule has 4 rings (SSSR count). The van der Waals surface area contributed by atoms with Crippen molar-refractivity contribution in [1.29, 1.82) is 0 Å². The summed E-state index contributed by atoms with van der Waals surface area (Å²) in [6, 6.07) is 3.45. The summed E-state index contributed by atoms with van der Waals surface area (Å²) in [5.41, 5.74) is -0.808. The maximum Gasteiger partial charge on any atom is 0.367 e. The highest BCUT2D eigenvalue weighted by Crippen LogP contribution is 2.64. The van der Waals surface area contributed by atoms with Crippen LogP contribution in [0.25, 0.3) is 0 Å². The number of nitrogens with zero attached hydrogens (tertiary/aromatic N) is 3. The van der Waals surface area contributed by atoms with Crippen molar-refractivity contribution in [3.8, 4) is 0 Å². The zero-order valence-corrected chi connectivity index (χ0v) is 20.0. The molecule has 2 atom stereocenters. The lowest BCUT2D eigenvalue weighted by molar-refractivity contribution is -0.384. The van der Waals surface area contributed by atoms with Crippen LogP contribution >= 0.6 is 11.6 Å². The van der Waals surface area contributed by atoms with Crippen LogP contribution in [0, 0.1) is 26.9 Å². The molecule has 1 heterocycles. The fourth-order valence-corrected chi connectivity index (χ4v) is 7.86. The van der Waals surface area contributed by atoms with Crippen molar-refractivity contribution in [1.82, 2.24) is 4.31 Å². The number of carbonyl (C=O) groups is 1. The summed E-state index contributed by atoms with van der Waals surface area (Å²) in [5, 5.41) is 14.9. The van der Waals surface area contributed by atoms with E-state index < -0.39 is 26.3 Å². The van der Waals surface area contributed by atoms with Gasteiger partial charge in [0, 0.05) is 30.6 Å². The molecule has 0 aromatic heterocycles. The van der Waals surface area contributed by atoms with E-state index in [1.54, 1.807) is 0 Å². The maximum absolute atomic E-state index is 13.3.